The molecule has 3 heterocycles. The molecule has 0 spiro atoms. The van der Waals surface area contributed by atoms with Crippen molar-refractivity contribution in [1.82, 2.24) is 4.98 Å². The first-order valence-electron chi connectivity index (χ1n) is 8.02. The smallest absolute Gasteiger partial charge is 0.275 e. The molecular formula is C18H17N3O2S2. The topological polar surface area (TPSA) is 54.5 Å². The molecule has 0 aliphatic carbocycles. The van der Waals surface area contributed by atoms with Crippen molar-refractivity contribution in [3.05, 3.63) is 52.2 Å². The lowest BCUT2D eigenvalue weighted by atomic mass is 10.2. The molecule has 0 bridgehead atoms. The third-order valence-corrected chi connectivity index (χ3v) is 5.58. The fraction of sp³-hybridized carbons (Fsp3) is 0.222. The van der Waals surface area contributed by atoms with Crippen molar-refractivity contribution < 1.29 is 9.53 Å². The predicted octanol–water partition coefficient (Wildman–Crippen LogP) is 3.96. The van der Waals surface area contributed by atoms with Gasteiger partial charge in [0.15, 0.2) is 0 Å². The van der Waals surface area contributed by atoms with Gasteiger partial charge < -0.3 is 15.0 Å². The van der Waals surface area contributed by atoms with Gasteiger partial charge in [0.05, 0.1) is 13.2 Å². The van der Waals surface area contributed by atoms with Gasteiger partial charge in [-0.3, -0.25) is 4.79 Å². The number of hydrogen-bond acceptors (Lipinski definition) is 6. The Labute approximate surface area is 153 Å². The number of carbonyl (C=O) groups is 1. The zero-order valence-corrected chi connectivity index (χ0v) is 15.1. The van der Waals surface area contributed by atoms with E-state index in [2.05, 4.69) is 15.2 Å². The molecule has 1 aromatic carbocycles. The number of hydrogen-bond donors (Lipinski definition) is 1. The third-order valence-electron chi connectivity index (χ3n) is 4.01. The average Bonchev–Trinajstić information content (AvgIpc) is 3.35. The predicted molar refractivity (Wildman–Crippen MR) is 103 cm³/mol. The second kappa shape index (κ2) is 7.35. The van der Waals surface area contributed by atoms with Gasteiger partial charge in [-0.25, -0.2) is 4.98 Å². The number of benzene rings is 1. The van der Waals surface area contributed by atoms with Crippen LogP contribution in [0.3, 0.4) is 0 Å². The first kappa shape index (κ1) is 16.3. The molecule has 1 fully saturated rings. The number of nitrogens with one attached hydrogen (secondary N) is 1. The van der Waals surface area contributed by atoms with Crippen LogP contribution in [0, 0.1) is 0 Å². The van der Waals surface area contributed by atoms with Gasteiger partial charge in [-0.15, -0.1) is 11.3 Å². The zero-order valence-electron chi connectivity index (χ0n) is 13.5. The summed E-state index contributed by atoms with van der Waals surface area (Å²) in [5.74, 6) is -0.183. The summed E-state index contributed by atoms with van der Waals surface area (Å²) >= 11 is 3.11. The van der Waals surface area contributed by atoms with Crippen molar-refractivity contribution in [3.63, 3.8) is 0 Å². The molecule has 25 heavy (non-hydrogen) atoms. The number of rotatable bonds is 4. The minimum absolute atomic E-state index is 0.183. The maximum Gasteiger partial charge on any atom is 0.275 e. The standard InChI is InChI=1S/C18H17N3O2S2/c22-17(16-12-25-18(20-16)13-5-10-24-11-13)19-14-1-3-15(4-2-14)21-6-8-23-9-7-21/h1-5,10-12H,6-9H2,(H,19,22). The molecular weight excluding hydrogens is 354 g/mol. The fourth-order valence-electron chi connectivity index (χ4n) is 2.67. The van der Waals surface area contributed by atoms with Gasteiger partial charge in [0.1, 0.15) is 10.7 Å². The number of morpholine rings is 1. The van der Waals surface area contributed by atoms with Gasteiger partial charge in [0.2, 0.25) is 0 Å². The summed E-state index contributed by atoms with van der Waals surface area (Å²) in [6.07, 6.45) is 0. The van der Waals surface area contributed by atoms with Gasteiger partial charge in [-0.05, 0) is 35.7 Å². The highest BCUT2D eigenvalue weighted by Gasteiger charge is 2.14. The molecule has 1 amide bonds. The van der Waals surface area contributed by atoms with E-state index < -0.39 is 0 Å². The highest BCUT2D eigenvalue weighted by molar-refractivity contribution is 7.14. The second-order valence-electron chi connectivity index (χ2n) is 5.65. The van der Waals surface area contributed by atoms with E-state index in [1.165, 1.54) is 11.3 Å². The first-order chi connectivity index (χ1) is 12.3. The van der Waals surface area contributed by atoms with Crippen LogP contribution in [-0.2, 0) is 4.74 Å². The number of aromatic nitrogens is 1. The minimum atomic E-state index is -0.183. The lowest BCUT2D eigenvalue weighted by Crippen LogP contribution is -2.36. The molecule has 0 radical (unpaired) electrons. The lowest BCUT2D eigenvalue weighted by Gasteiger charge is -2.28. The van der Waals surface area contributed by atoms with E-state index in [4.69, 9.17) is 4.74 Å². The monoisotopic (exact) mass is 371 g/mol. The summed E-state index contributed by atoms with van der Waals surface area (Å²) in [6, 6.07) is 9.91. The van der Waals surface area contributed by atoms with Crippen LogP contribution >= 0.6 is 22.7 Å². The van der Waals surface area contributed by atoms with Crippen LogP contribution in [0.5, 0.6) is 0 Å². The van der Waals surface area contributed by atoms with Crippen LogP contribution in [-0.4, -0.2) is 37.2 Å². The zero-order chi connectivity index (χ0) is 17.1. The molecule has 0 atom stereocenters. The van der Waals surface area contributed by atoms with Crippen LogP contribution < -0.4 is 10.2 Å². The van der Waals surface area contributed by atoms with Crippen LogP contribution in [0.25, 0.3) is 10.6 Å². The Kier molecular flexibility index (Phi) is 4.78. The van der Waals surface area contributed by atoms with E-state index in [0.717, 1.165) is 48.2 Å². The largest absolute Gasteiger partial charge is 0.378 e. The van der Waals surface area contributed by atoms with Crippen molar-refractivity contribution >= 4 is 40.0 Å². The number of thiophene rings is 1. The molecule has 3 aromatic rings. The molecule has 5 nitrogen and oxygen atoms in total. The molecule has 2 aromatic heterocycles. The fourth-order valence-corrected chi connectivity index (χ4v) is 4.18. The molecule has 1 saturated heterocycles. The molecule has 128 valence electrons. The van der Waals surface area contributed by atoms with Gasteiger partial charge in [0, 0.05) is 40.8 Å². The quantitative estimate of drug-likeness (QED) is 0.754. The summed E-state index contributed by atoms with van der Waals surface area (Å²) in [5, 5.41) is 9.62. The van der Waals surface area contributed by atoms with Gasteiger partial charge in [-0.2, -0.15) is 11.3 Å². The number of thiazole rings is 1. The van der Waals surface area contributed by atoms with E-state index >= 15 is 0 Å². The van der Waals surface area contributed by atoms with Crippen LogP contribution in [0.15, 0.2) is 46.5 Å². The van der Waals surface area contributed by atoms with Crippen molar-refractivity contribution in [3.8, 4) is 10.6 Å². The van der Waals surface area contributed by atoms with Gasteiger partial charge >= 0.3 is 0 Å². The molecule has 0 saturated carbocycles. The normalized spacial score (nSPS) is 14.5. The van der Waals surface area contributed by atoms with Crippen molar-refractivity contribution in [2.75, 3.05) is 36.5 Å². The molecule has 4 rings (SSSR count). The minimum Gasteiger partial charge on any atom is -0.378 e. The number of amides is 1. The molecule has 1 aliphatic rings. The van der Waals surface area contributed by atoms with Gasteiger partial charge in [-0.1, -0.05) is 0 Å². The van der Waals surface area contributed by atoms with E-state index in [1.54, 1.807) is 16.7 Å². The second-order valence-corrected chi connectivity index (χ2v) is 7.29. The van der Waals surface area contributed by atoms with Gasteiger partial charge in [0.25, 0.3) is 5.91 Å². The Hall–Kier alpha value is -2.22. The summed E-state index contributed by atoms with van der Waals surface area (Å²) in [4.78, 5) is 19.1. The van der Waals surface area contributed by atoms with Crippen LogP contribution in [0.4, 0.5) is 11.4 Å². The summed E-state index contributed by atoms with van der Waals surface area (Å²) in [7, 11) is 0. The van der Waals surface area contributed by atoms with E-state index in [0.29, 0.717) is 5.69 Å². The Balaban J connectivity index is 1.42. The Morgan fingerprint density at radius 3 is 2.64 bits per heavy atom. The van der Waals surface area contributed by atoms with Crippen molar-refractivity contribution in [2.24, 2.45) is 0 Å². The summed E-state index contributed by atoms with van der Waals surface area (Å²) in [6.45, 7) is 3.31. The Bertz CT molecular complexity index is 838. The maximum atomic E-state index is 12.4. The number of anilines is 2. The van der Waals surface area contributed by atoms with Crippen molar-refractivity contribution in [2.45, 2.75) is 0 Å². The van der Waals surface area contributed by atoms with E-state index in [9.17, 15) is 4.79 Å². The highest BCUT2D eigenvalue weighted by atomic mass is 32.1. The summed E-state index contributed by atoms with van der Waals surface area (Å²) < 4.78 is 5.37. The molecule has 1 N–H and O–H groups in total. The van der Waals surface area contributed by atoms with Crippen molar-refractivity contribution in [1.29, 1.82) is 0 Å². The Morgan fingerprint density at radius 2 is 1.92 bits per heavy atom. The van der Waals surface area contributed by atoms with E-state index in [1.807, 2.05) is 41.1 Å². The number of ether oxygens (including phenoxy) is 1. The lowest BCUT2D eigenvalue weighted by molar-refractivity contribution is 0.102. The third kappa shape index (κ3) is 3.73. The first-order valence-corrected chi connectivity index (χ1v) is 9.84. The highest BCUT2D eigenvalue weighted by Crippen LogP contribution is 2.26. The maximum absolute atomic E-state index is 12.4. The molecule has 0 unspecified atom stereocenters. The molecule has 1 aliphatic heterocycles. The SMILES string of the molecule is O=C(Nc1ccc(N2CCOCC2)cc1)c1csc(-c2ccsc2)n1. The van der Waals surface area contributed by atoms with E-state index in [-0.39, 0.29) is 5.91 Å². The average molecular weight is 371 g/mol. The summed E-state index contributed by atoms with van der Waals surface area (Å²) in [5.41, 5.74) is 3.43. The number of nitrogens with zero attached hydrogens (tertiary/aromatic N) is 2. The van der Waals surface area contributed by atoms with Crippen LogP contribution in [0.1, 0.15) is 10.5 Å². The molecule has 7 heteroatoms. The Morgan fingerprint density at radius 1 is 1.12 bits per heavy atom. The number of carbonyl (C=O) groups excluding carboxylic acids is 1. The van der Waals surface area contributed by atoms with Crippen LogP contribution in [0.2, 0.25) is 0 Å².